The van der Waals surface area contributed by atoms with Crippen molar-refractivity contribution in [1.29, 1.82) is 0 Å². The Labute approximate surface area is 107 Å². The Bertz CT molecular complexity index is 394. The van der Waals surface area contributed by atoms with Crippen LogP contribution in [0.1, 0.15) is 24.8 Å². The van der Waals surface area contributed by atoms with Gasteiger partial charge in [-0.2, -0.15) is 0 Å². The molecule has 0 aliphatic carbocycles. The highest BCUT2D eigenvalue weighted by Crippen LogP contribution is 2.25. The van der Waals surface area contributed by atoms with Crippen LogP contribution < -0.4 is 10.6 Å². The highest BCUT2D eigenvalue weighted by atomic mass is 35.5. The van der Waals surface area contributed by atoms with Gasteiger partial charge < -0.3 is 10.6 Å². The normalized spacial score (nSPS) is 19.3. The fraction of sp³-hybridized carbons (Fsp3) is 0.462. The van der Waals surface area contributed by atoms with Crippen LogP contribution in [0.25, 0.3) is 0 Å². The number of anilines is 1. The topological polar surface area (TPSA) is 41.1 Å². The van der Waals surface area contributed by atoms with E-state index in [2.05, 4.69) is 10.6 Å². The molecule has 1 aliphatic rings. The first kappa shape index (κ1) is 12.4. The van der Waals surface area contributed by atoms with Gasteiger partial charge in [-0.05, 0) is 37.9 Å². The second kappa shape index (κ2) is 5.52. The third-order valence-corrected chi connectivity index (χ3v) is 3.40. The molecular formula is C13H17ClN2O. The first-order chi connectivity index (χ1) is 8.16. The molecule has 1 aliphatic heterocycles. The minimum atomic E-state index is 0.0283. The summed E-state index contributed by atoms with van der Waals surface area (Å²) in [5.74, 6) is 0.0283. The van der Waals surface area contributed by atoms with Crippen LogP contribution in [0.2, 0.25) is 5.02 Å². The molecule has 2 rings (SSSR count). The molecule has 92 valence electrons. The van der Waals surface area contributed by atoms with Crippen molar-refractivity contribution in [3.8, 4) is 0 Å². The number of amides is 1. The Morgan fingerprint density at radius 1 is 1.59 bits per heavy atom. The Balaban J connectivity index is 1.97. The van der Waals surface area contributed by atoms with Gasteiger partial charge in [-0.3, -0.25) is 4.79 Å². The summed E-state index contributed by atoms with van der Waals surface area (Å²) in [6, 6.07) is 5.93. The molecule has 3 nitrogen and oxygen atoms in total. The van der Waals surface area contributed by atoms with Gasteiger partial charge in [0.2, 0.25) is 5.91 Å². The summed E-state index contributed by atoms with van der Waals surface area (Å²) in [5, 5.41) is 6.80. The predicted molar refractivity (Wildman–Crippen MR) is 70.5 cm³/mol. The van der Waals surface area contributed by atoms with Gasteiger partial charge in [-0.15, -0.1) is 0 Å². The smallest absolute Gasteiger partial charge is 0.225 e. The van der Waals surface area contributed by atoms with E-state index in [1.54, 1.807) is 6.07 Å². The second-order valence-electron chi connectivity index (χ2n) is 4.48. The largest absolute Gasteiger partial charge is 0.325 e. The Morgan fingerprint density at radius 2 is 2.41 bits per heavy atom. The first-order valence-electron chi connectivity index (χ1n) is 5.95. The monoisotopic (exact) mass is 252 g/mol. The summed E-state index contributed by atoms with van der Waals surface area (Å²) < 4.78 is 0. The highest BCUT2D eigenvalue weighted by molar-refractivity contribution is 6.33. The summed E-state index contributed by atoms with van der Waals surface area (Å²) in [6.45, 7) is 2.96. The molecule has 17 heavy (non-hydrogen) atoms. The Kier molecular flexibility index (Phi) is 4.02. The zero-order valence-corrected chi connectivity index (χ0v) is 10.7. The Hall–Kier alpha value is -1.06. The minimum absolute atomic E-state index is 0.0283. The fourth-order valence-corrected chi connectivity index (χ4v) is 2.40. The number of benzene rings is 1. The lowest BCUT2D eigenvalue weighted by Gasteiger charge is -2.13. The van der Waals surface area contributed by atoms with Crippen molar-refractivity contribution in [2.45, 2.75) is 32.2 Å². The van der Waals surface area contributed by atoms with Crippen molar-refractivity contribution < 1.29 is 4.79 Å². The SMILES string of the molecule is Cc1cccc(Cl)c1NC(=O)CC1CCCN1. The van der Waals surface area contributed by atoms with E-state index >= 15 is 0 Å². The van der Waals surface area contributed by atoms with Gasteiger partial charge in [-0.1, -0.05) is 23.7 Å². The molecule has 0 saturated carbocycles. The molecule has 1 amide bonds. The predicted octanol–water partition coefficient (Wildman–Crippen LogP) is 2.73. The van der Waals surface area contributed by atoms with Crippen molar-refractivity contribution in [3.63, 3.8) is 0 Å². The lowest BCUT2D eigenvalue weighted by atomic mass is 10.1. The zero-order valence-electron chi connectivity index (χ0n) is 9.92. The molecule has 1 saturated heterocycles. The molecule has 0 spiro atoms. The van der Waals surface area contributed by atoms with Crippen LogP contribution in [0, 0.1) is 6.92 Å². The molecule has 1 atom stereocenters. The first-order valence-corrected chi connectivity index (χ1v) is 6.33. The standard InChI is InChI=1S/C13H17ClN2O/c1-9-4-2-6-11(14)13(9)16-12(17)8-10-5-3-7-15-10/h2,4,6,10,15H,3,5,7-8H2,1H3,(H,16,17). The number of carbonyl (C=O) groups is 1. The van der Waals surface area contributed by atoms with E-state index in [9.17, 15) is 4.79 Å². The maximum Gasteiger partial charge on any atom is 0.225 e. The number of hydrogen-bond acceptors (Lipinski definition) is 2. The fourth-order valence-electron chi connectivity index (χ4n) is 2.14. The van der Waals surface area contributed by atoms with Crippen LogP contribution in [0.3, 0.4) is 0 Å². The summed E-state index contributed by atoms with van der Waals surface area (Å²) in [7, 11) is 0. The van der Waals surface area contributed by atoms with Crippen molar-refractivity contribution >= 4 is 23.2 Å². The van der Waals surface area contributed by atoms with Gasteiger partial charge in [0.25, 0.3) is 0 Å². The van der Waals surface area contributed by atoms with Gasteiger partial charge in [0.05, 0.1) is 10.7 Å². The van der Waals surface area contributed by atoms with E-state index in [-0.39, 0.29) is 5.91 Å². The van der Waals surface area contributed by atoms with Gasteiger partial charge in [0, 0.05) is 12.5 Å². The zero-order chi connectivity index (χ0) is 12.3. The van der Waals surface area contributed by atoms with Crippen LogP contribution >= 0.6 is 11.6 Å². The van der Waals surface area contributed by atoms with E-state index < -0.39 is 0 Å². The molecule has 0 bridgehead atoms. The second-order valence-corrected chi connectivity index (χ2v) is 4.88. The summed E-state index contributed by atoms with van der Waals surface area (Å²) in [4.78, 5) is 11.9. The van der Waals surface area contributed by atoms with Gasteiger partial charge in [0.1, 0.15) is 0 Å². The number of halogens is 1. The van der Waals surface area contributed by atoms with Crippen molar-refractivity contribution in [1.82, 2.24) is 5.32 Å². The molecule has 0 aromatic heterocycles. The van der Waals surface area contributed by atoms with Crippen LogP contribution in [0.4, 0.5) is 5.69 Å². The van der Waals surface area contributed by atoms with E-state index in [1.165, 1.54) is 0 Å². The third-order valence-electron chi connectivity index (χ3n) is 3.08. The molecule has 1 aromatic carbocycles. The molecular weight excluding hydrogens is 236 g/mol. The van der Waals surface area contributed by atoms with Crippen LogP contribution in [-0.2, 0) is 4.79 Å². The van der Waals surface area contributed by atoms with E-state index in [1.807, 2.05) is 19.1 Å². The van der Waals surface area contributed by atoms with Crippen LogP contribution in [-0.4, -0.2) is 18.5 Å². The number of para-hydroxylation sites is 1. The van der Waals surface area contributed by atoms with Crippen molar-refractivity contribution in [3.05, 3.63) is 28.8 Å². The quantitative estimate of drug-likeness (QED) is 0.869. The number of rotatable bonds is 3. The van der Waals surface area contributed by atoms with Crippen molar-refractivity contribution in [2.75, 3.05) is 11.9 Å². The molecule has 1 fully saturated rings. The maximum atomic E-state index is 11.9. The molecule has 4 heteroatoms. The minimum Gasteiger partial charge on any atom is -0.325 e. The van der Waals surface area contributed by atoms with E-state index in [0.717, 1.165) is 30.6 Å². The molecule has 1 aromatic rings. The van der Waals surface area contributed by atoms with Gasteiger partial charge in [-0.25, -0.2) is 0 Å². The number of aryl methyl sites for hydroxylation is 1. The van der Waals surface area contributed by atoms with Crippen LogP contribution in [0.5, 0.6) is 0 Å². The lowest BCUT2D eigenvalue weighted by molar-refractivity contribution is -0.116. The van der Waals surface area contributed by atoms with Crippen molar-refractivity contribution in [2.24, 2.45) is 0 Å². The number of nitrogens with one attached hydrogen (secondary N) is 2. The molecule has 1 heterocycles. The molecule has 2 N–H and O–H groups in total. The molecule has 0 radical (unpaired) electrons. The summed E-state index contributed by atoms with van der Waals surface area (Å²) in [5.41, 5.74) is 1.72. The van der Waals surface area contributed by atoms with E-state index in [4.69, 9.17) is 11.6 Å². The number of hydrogen-bond donors (Lipinski definition) is 2. The molecule has 1 unspecified atom stereocenters. The maximum absolute atomic E-state index is 11.9. The highest BCUT2D eigenvalue weighted by Gasteiger charge is 2.18. The van der Waals surface area contributed by atoms with Gasteiger partial charge in [0.15, 0.2) is 0 Å². The number of carbonyl (C=O) groups excluding carboxylic acids is 1. The average Bonchev–Trinajstić information content (AvgIpc) is 2.76. The lowest BCUT2D eigenvalue weighted by Crippen LogP contribution is -2.27. The van der Waals surface area contributed by atoms with Gasteiger partial charge >= 0.3 is 0 Å². The van der Waals surface area contributed by atoms with E-state index in [0.29, 0.717) is 17.5 Å². The Morgan fingerprint density at radius 3 is 3.06 bits per heavy atom. The average molecular weight is 253 g/mol. The summed E-state index contributed by atoms with van der Waals surface area (Å²) in [6.07, 6.45) is 2.75. The van der Waals surface area contributed by atoms with Crippen LogP contribution in [0.15, 0.2) is 18.2 Å². The third kappa shape index (κ3) is 3.20. The summed E-state index contributed by atoms with van der Waals surface area (Å²) >= 11 is 6.06.